The summed E-state index contributed by atoms with van der Waals surface area (Å²) >= 11 is 5.21. The van der Waals surface area contributed by atoms with Gasteiger partial charge in [-0.05, 0) is 36.8 Å². The zero-order chi connectivity index (χ0) is 18.1. The van der Waals surface area contributed by atoms with Crippen molar-refractivity contribution in [1.82, 2.24) is 9.88 Å². The first-order valence-corrected chi connectivity index (χ1v) is 10.1. The number of para-hydroxylation sites is 1. The Morgan fingerprint density at radius 3 is 2.69 bits per heavy atom. The molecule has 3 aromatic rings. The number of rotatable bonds is 2. The molecule has 7 heteroatoms. The van der Waals surface area contributed by atoms with E-state index in [4.69, 9.17) is 4.98 Å². The maximum Gasteiger partial charge on any atom is 0.321 e. The molecule has 1 fully saturated rings. The Kier molecular flexibility index (Phi) is 4.82. The molecule has 2 amide bonds. The molecule has 0 atom stereocenters. The summed E-state index contributed by atoms with van der Waals surface area (Å²) in [6.45, 7) is 4.97. The molecule has 1 aliphatic rings. The molecule has 1 saturated heterocycles. The summed E-state index contributed by atoms with van der Waals surface area (Å²) in [7, 11) is 0. The van der Waals surface area contributed by atoms with Gasteiger partial charge in [-0.2, -0.15) is 0 Å². The van der Waals surface area contributed by atoms with E-state index in [2.05, 4.69) is 32.2 Å². The molecule has 0 unspecified atom stereocenters. The number of aryl methyl sites for hydroxylation is 1. The van der Waals surface area contributed by atoms with Gasteiger partial charge < -0.3 is 15.1 Å². The van der Waals surface area contributed by atoms with Crippen molar-refractivity contribution in [3.63, 3.8) is 0 Å². The topological polar surface area (TPSA) is 48.5 Å². The molecule has 1 aliphatic heterocycles. The van der Waals surface area contributed by atoms with E-state index in [9.17, 15) is 4.79 Å². The van der Waals surface area contributed by atoms with Gasteiger partial charge in [0.1, 0.15) is 0 Å². The van der Waals surface area contributed by atoms with Crippen LogP contribution in [0.1, 0.15) is 5.56 Å². The van der Waals surface area contributed by atoms with Crippen molar-refractivity contribution in [3.8, 4) is 0 Å². The lowest BCUT2D eigenvalue weighted by atomic mass is 10.2. The van der Waals surface area contributed by atoms with Crippen LogP contribution in [0.25, 0.3) is 10.2 Å². The van der Waals surface area contributed by atoms with Gasteiger partial charge in [0.25, 0.3) is 0 Å². The number of nitrogens with zero attached hydrogens (tertiary/aromatic N) is 3. The van der Waals surface area contributed by atoms with Crippen LogP contribution in [-0.2, 0) is 0 Å². The largest absolute Gasteiger partial charge is 0.345 e. The zero-order valence-corrected chi connectivity index (χ0v) is 16.8. The fraction of sp³-hybridized carbons (Fsp3) is 0.263. The quantitative estimate of drug-likeness (QED) is 0.639. The minimum atomic E-state index is -0.0350. The summed E-state index contributed by atoms with van der Waals surface area (Å²) in [6, 6.07) is 14.0. The number of carbonyl (C=O) groups is 1. The van der Waals surface area contributed by atoms with E-state index in [0.717, 1.165) is 39.5 Å². The van der Waals surface area contributed by atoms with Crippen molar-refractivity contribution < 1.29 is 4.79 Å². The summed E-state index contributed by atoms with van der Waals surface area (Å²) in [6.07, 6.45) is 0. The highest BCUT2D eigenvalue weighted by molar-refractivity contribution is 9.10. The van der Waals surface area contributed by atoms with Crippen LogP contribution < -0.4 is 10.2 Å². The summed E-state index contributed by atoms with van der Waals surface area (Å²) in [5.74, 6) is 0. The summed E-state index contributed by atoms with van der Waals surface area (Å²) in [5, 5.41) is 4.04. The number of thiazole rings is 1. The van der Waals surface area contributed by atoms with Crippen LogP contribution in [0.4, 0.5) is 15.6 Å². The normalized spacial score (nSPS) is 14.7. The van der Waals surface area contributed by atoms with E-state index in [1.165, 1.54) is 4.70 Å². The lowest BCUT2D eigenvalue weighted by Crippen LogP contribution is -2.50. The summed E-state index contributed by atoms with van der Waals surface area (Å²) < 4.78 is 2.24. The fourth-order valence-electron chi connectivity index (χ4n) is 3.03. The van der Waals surface area contributed by atoms with Gasteiger partial charge in [0.2, 0.25) is 0 Å². The highest BCUT2D eigenvalue weighted by Gasteiger charge is 2.23. The van der Waals surface area contributed by atoms with Gasteiger partial charge in [-0.15, -0.1) is 0 Å². The first-order valence-electron chi connectivity index (χ1n) is 8.53. The van der Waals surface area contributed by atoms with Crippen LogP contribution in [-0.4, -0.2) is 42.1 Å². The summed E-state index contributed by atoms with van der Waals surface area (Å²) in [4.78, 5) is 21.4. The number of anilines is 2. The average molecular weight is 431 g/mol. The van der Waals surface area contributed by atoms with E-state index in [1.54, 1.807) is 11.3 Å². The van der Waals surface area contributed by atoms with Gasteiger partial charge in [-0.3, -0.25) is 0 Å². The van der Waals surface area contributed by atoms with Gasteiger partial charge in [0.15, 0.2) is 5.13 Å². The predicted molar refractivity (Wildman–Crippen MR) is 111 cm³/mol. The van der Waals surface area contributed by atoms with Crippen LogP contribution >= 0.6 is 27.3 Å². The Morgan fingerprint density at radius 1 is 1.15 bits per heavy atom. The van der Waals surface area contributed by atoms with Crippen LogP contribution in [0.2, 0.25) is 0 Å². The SMILES string of the molecule is Cc1ccccc1NC(=O)N1CCN(c2nc3ccc(Br)cc3s2)CC1. The average Bonchev–Trinajstić information content (AvgIpc) is 3.07. The van der Waals surface area contributed by atoms with Crippen molar-refractivity contribution in [1.29, 1.82) is 0 Å². The molecule has 0 bridgehead atoms. The highest BCUT2D eigenvalue weighted by Crippen LogP contribution is 2.31. The monoisotopic (exact) mass is 430 g/mol. The van der Waals surface area contributed by atoms with Crippen LogP contribution in [0.3, 0.4) is 0 Å². The molecule has 0 spiro atoms. The molecule has 5 nitrogen and oxygen atoms in total. The second kappa shape index (κ2) is 7.25. The Labute approximate surface area is 164 Å². The zero-order valence-electron chi connectivity index (χ0n) is 14.4. The fourth-order valence-corrected chi connectivity index (χ4v) is 4.60. The minimum absolute atomic E-state index is 0.0350. The third-order valence-corrected chi connectivity index (χ3v) is 6.14. The van der Waals surface area contributed by atoms with E-state index in [1.807, 2.05) is 48.2 Å². The van der Waals surface area contributed by atoms with E-state index in [0.29, 0.717) is 13.1 Å². The number of urea groups is 1. The predicted octanol–water partition coefficient (Wildman–Crippen LogP) is 4.72. The lowest BCUT2D eigenvalue weighted by Gasteiger charge is -2.34. The highest BCUT2D eigenvalue weighted by atomic mass is 79.9. The molecule has 134 valence electrons. The van der Waals surface area contributed by atoms with Gasteiger partial charge in [-0.1, -0.05) is 45.5 Å². The number of hydrogen-bond donors (Lipinski definition) is 1. The Bertz CT molecular complexity index is 950. The van der Waals surface area contributed by atoms with Crippen molar-refractivity contribution in [2.45, 2.75) is 6.92 Å². The number of nitrogens with one attached hydrogen (secondary N) is 1. The van der Waals surface area contributed by atoms with Crippen molar-refractivity contribution in [3.05, 3.63) is 52.5 Å². The molecule has 4 rings (SSSR count). The van der Waals surface area contributed by atoms with E-state index >= 15 is 0 Å². The molecule has 0 saturated carbocycles. The van der Waals surface area contributed by atoms with Crippen LogP contribution in [0.5, 0.6) is 0 Å². The van der Waals surface area contributed by atoms with Gasteiger partial charge in [0.05, 0.1) is 10.2 Å². The Morgan fingerprint density at radius 2 is 1.92 bits per heavy atom. The molecule has 1 aromatic heterocycles. The lowest BCUT2D eigenvalue weighted by molar-refractivity contribution is 0.208. The van der Waals surface area contributed by atoms with Gasteiger partial charge in [0, 0.05) is 36.3 Å². The minimum Gasteiger partial charge on any atom is -0.345 e. The molecule has 2 aromatic carbocycles. The first-order chi connectivity index (χ1) is 12.6. The standard InChI is InChI=1S/C19H19BrN4OS/c1-13-4-2-3-5-15(13)21-18(25)23-8-10-24(11-9-23)19-22-16-7-6-14(20)12-17(16)26-19/h2-7,12H,8-11H2,1H3,(H,21,25). The number of piperazine rings is 1. The van der Waals surface area contributed by atoms with Crippen molar-refractivity contribution in [2.75, 3.05) is 36.4 Å². The molecule has 2 heterocycles. The third kappa shape index (κ3) is 3.54. The number of carbonyl (C=O) groups excluding carboxylic acids is 1. The third-order valence-electron chi connectivity index (χ3n) is 4.56. The molecule has 0 aliphatic carbocycles. The van der Waals surface area contributed by atoms with Crippen molar-refractivity contribution >= 4 is 54.3 Å². The Balaban J connectivity index is 1.40. The maximum atomic E-state index is 12.5. The number of hydrogen-bond acceptors (Lipinski definition) is 4. The second-order valence-corrected chi connectivity index (χ2v) is 8.25. The number of fused-ring (bicyclic) bond motifs is 1. The molecular formula is C19H19BrN4OS. The van der Waals surface area contributed by atoms with Crippen LogP contribution in [0.15, 0.2) is 46.9 Å². The van der Waals surface area contributed by atoms with E-state index < -0.39 is 0 Å². The first kappa shape index (κ1) is 17.3. The number of aromatic nitrogens is 1. The maximum absolute atomic E-state index is 12.5. The molecule has 26 heavy (non-hydrogen) atoms. The molecule has 0 radical (unpaired) electrons. The number of amides is 2. The number of halogens is 1. The van der Waals surface area contributed by atoms with Crippen LogP contribution in [0, 0.1) is 6.92 Å². The van der Waals surface area contributed by atoms with Gasteiger partial charge >= 0.3 is 6.03 Å². The number of benzene rings is 2. The van der Waals surface area contributed by atoms with E-state index in [-0.39, 0.29) is 6.03 Å². The Hall–Kier alpha value is -2.12. The summed E-state index contributed by atoms with van der Waals surface area (Å²) in [5.41, 5.74) is 2.96. The molecule has 1 N–H and O–H groups in total. The smallest absolute Gasteiger partial charge is 0.321 e. The molecular weight excluding hydrogens is 412 g/mol. The van der Waals surface area contributed by atoms with Gasteiger partial charge in [-0.25, -0.2) is 9.78 Å². The second-order valence-electron chi connectivity index (χ2n) is 6.33. The van der Waals surface area contributed by atoms with Crippen molar-refractivity contribution in [2.24, 2.45) is 0 Å².